The van der Waals surface area contributed by atoms with Crippen LogP contribution in [0.4, 0.5) is 4.79 Å². The molecule has 0 aromatic carbocycles. The van der Waals surface area contributed by atoms with Gasteiger partial charge in [-0.3, -0.25) is 10.1 Å². The molecule has 2 heterocycles. The molecule has 0 aromatic heterocycles. The van der Waals surface area contributed by atoms with E-state index in [1.54, 1.807) is 11.9 Å². The fourth-order valence-corrected chi connectivity index (χ4v) is 2.50. The van der Waals surface area contributed by atoms with Crippen LogP contribution in [0.1, 0.15) is 6.92 Å². The molecule has 2 unspecified atom stereocenters. The fourth-order valence-electron chi connectivity index (χ4n) is 1.95. The molecule has 2 aliphatic heterocycles. The molecule has 3 amide bonds. The molecular weight excluding hydrogens is 288 g/mol. The van der Waals surface area contributed by atoms with Crippen molar-refractivity contribution < 1.29 is 9.59 Å². The van der Waals surface area contributed by atoms with Gasteiger partial charge in [-0.2, -0.15) is 0 Å². The zero-order chi connectivity index (χ0) is 12.7. The largest absolute Gasteiger partial charge is 0.331 e. The molecule has 1 N–H and O–H groups in total. The maximum atomic E-state index is 11.8. The van der Waals surface area contributed by atoms with Gasteiger partial charge in [0.25, 0.3) is 5.91 Å². The molecule has 0 saturated carbocycles. The topological polar surface area (TPSA) is 65.0 Å². The van der Waals surface area contributed by atoms with Crippen molar-refractivity contribution in [3.05, 3.63) is 12.2 Å². The summed E-state index contributed by atoms with van der Waals surface area (Å²) in [7, 11) is 1.62. The lowest BCUT2D eigenvalue weighted by Crippen LogP contribution is -2.63. The minimum atomic E-state index is -0.483. The summed E-state index contributed by atoms with van der Waals surface area (Å²) >= 11 is 3.32. The first-order valence-electron chi connectivity index (χ1n) is 5.14. The lowest BCUT2D eigenvalue weighted by Gasteiger charge is -2.35. The van der Waals surface area contributed by atoms with Gasteiger partial charge >= 0.3 is 6.03 Å². The van der Waals surface area contributed by atoms with Crippen molar-refractivity contribution in [3.8, 4) is 0 Å². The molecule has 0 bridgehead atoms. The Balaban J connectivity index is 2.29. The van der Waals surface area contributed by atoms with E-state index >= 15 is 0 Å². The van der Waals surface area contributed by atoms with Gasteiger partial charge in [0.2, 0.25) is 0 Å². The van der Waals surface area contributed by atoms with E-state index < -0.39 is 18.2 Å². The third kappa shape index (κ3) is 1.95. The summed E-state index contributed by atoms with van der Waals surface area (Å²) in [5.74, 6) is -0.322. The fraction of sp³-hybridized carbons (Fsp3) is 0.500. The van der Waals surface area contributed by atoms with Gasteiger partial charge in [-0.15, -0.1) is 0 Å². The number of amides is 3. The Morgan fingerprint density at radius 1 is 1.59 bits per heavy atom. The van der Waals surface area contributed by atoms with Gasteiger partial charge in [-0.05, 0) is 22.9 Å². The van der Waals surface area contributed by atoms with Crippen LogP contribution in [0.2, 0.25) is 0 Å². The number of nitrogens with one attached hydrogen (secondary N) is 1. The second-order valence-corrected chi connectivity index (χ2v) is 4.96. The van der Waals surface area contributed by atoms with E-state index in [2.05, 4.69) is 32.8 Å². The number of imide groups is 1. The number of halogens is 1. The van der Waals surface area contributed by atoms with Crippen LogP contribution < -0.4 is 5.32 Å². The molecule has 1 fully saturated rings. The second kappa shape index (κ2) is 4.14. The predicted molar refractivity (Wildman–Crippen MR) is 66.8 cm³/mol. The van der Waals surface area contributed by atoms with Crippen LogP contribution in [-0.2, 0) is 4.79 Å². The van der Waals surface area contributed by atoms with Crippen molar-refractivity contribution in [2.24, 2.45) is 4.99 Å². The molecule has 0 radical (unpaired) electrons. The lowest BCUT2D eigenvalue weighted by atomic mass is 10.1. The quantitative estimate of drug-likeness (QED) is 0.597. The van der Waals surface area contributed by atoms with Crippen LogP contribution in [-0.4, -0.2) is 52.3 Å². The molecule has 2 rings (SSSR count). The number of amidine groups is 1. The van der Waals surface area contributed by atoms with Gasteiger partial charge in [0, 0.05) is 13.6 Å². The molecular formula is C10H13BrN4O2. The smallest absolute Gasteiger partial charge is 0.325 e. The Morgan fingerprint density at radius 3 is 2.82 bits per heavy atom. The second-order valence-electron chi connectivity index (χ2n) is 4.25. The van der Waals surface area contributed by atoms with E-state index in [0.717, 1.165) is 5.57 Å². The summed E-state index contributed by atoms with van der Waals surface area (Å²) in [5, 5.41) is 2.31. The van der Waals surface area contributed by atoms with E-state index in [1.165, 1.54) is 4.90 Å². The number of aliphatic imine (C=N–C) groups is 1. The van der Waals surface area contributed by atoms with Gasteiger partial charge in [0.05, 0.1) is 0 Å². The van der Waals surface area contributed by atoms with Crippen molar-refractivity contribution in [2.45, 2.75) is 19.1 Å². The first kappa shape index (κ1) is 12.1. The molecule has 7 heteroatoms. The number of rotatable bonds is 2. The average Bonchev–Trinajstić information content (AvgIpc) is 2.53. The number of nitrogens with zero attached hydrogens (tertiary/aromatic N) is 3. The van der Waals surface area contributed by atoms with Crippen LogP contribution in [0.5, 0.6) is 0 Å². The van der Waals surface area contributed by atoms with E-state index in [4.69, 9.17) is 0 Å². The summed E-state index contributed by atoms with van der Waals surface area (Å²) in [5.41, 5.74) is 0.921. The van der Waals surface area contributed by atoms with Gasteiger partial charge in [-0.25, -0.2) is 9.79 Å². The lowest BCUT2D eigenvalue weighted by molar-refractivity contribution is -0.126. The zero-order valence-corrected chi connectivity index (χ0v) is 11.2. The summed E-state index contributed by atoms with van der Waals surface area (Å²) in [6.45, 7) is 6.23. The van der Waals surface area contributed by atoms with Gasteiger partial charge in [0.15, 0.2) is 17.0 Å². The number of urea groups is 1. The molecule has 92 valence electrons. The summed E-state index contributed by atoms with van der Waals surface area (Å²) in [6, 6.07) is -0.902. The molecule has 2 atom stereocenters. The van der Waals surface area contributed by atoms with Crippen LogP contribution in [0, 0.1) is 0 Å². The maximum Gasteiger partial charge on any atom is 0.325 e. The Morgan fingerprint density at radius 2 is 2.24 bits per heavy atom. The highest BCUT2D eigenvalue weighted by molar-refractivity contribution is 9.18. The summed E-state index contributed by atoms with van der Waals surface area (Å²) in [6.07, 6.45) is -0.468. The van der Waals surface area contributed by atoms with Crippen molar-refractivity contribution in [2.75, 3.05) is 13.6 Å². The number of hydrogen-bond acceptors (Lipinski definition) is 4. The van der Waals surface area contributed by atoms with E-state index in [-0.39, 0.29) is 5.91 Å². The Bertz CT molecular complexity index is 434. The summed E-state index contributed by atoms with van der Waals surface area (Å²) in [4.78, 5) is 30.8. The van der Waals surface area contributed by atoms with Crippen LogP contribution in [0.25, 0.3) is 0 Å². The van der Waals surface area contributed by atoms with Gasteiger partial charge < -0.3 is 9.80 Å². The van der Waals surface area contributed by atoms with Crippen molar-refractivity contribution in [1.29, 1.82) is 0 Å². The molecule has 6 nitrogen and oxygen atoms in total. The highest BCUT2D eigenvalue weighted by Gasteiger charge is 2.47. The van der Waals surface area contributed by atoms with E-state index in [1.807, 2.05) is 6.92 Å². The van der Waals surface area contributed by atoms with Crippen molar-refractivity contribution in [1.82, 2.24) is 15.1 Å². The molecule has 1 saturated heterocycles. The van der Waals surface area contributed by atoms with Crippen molar-refractivity contribution >= 4 is 32.6 Å². The summed E-state index contributed by atoms with van der Waals surface area (Å²) < 4.78 is 0.576. The molecule has 0 spiro atoms. The minimum absolute atomic E-state index is 0.322. The number of hydrogen-bond donors (Lipinski definition) is 1. The first-order valence-corrected chi connectivity index (χ1v) is 5.93. The Hall–Kier alpha value is -1.37. The standard InChI is InChI=1S/C10H13BrN4O2/c1-5(2)4-15-6-7(12-9(15)11)14(3)10(17)13-8(6)16/h6-7H,1,4H2,2-3H3,(H,13,16,17). The molecule has 17 heavy (non-hydrogen) atoms. The Kier molecular flexibility index (Phi) is 2.94. The number of fused-ring (bicyclic) bond motifs is 1. The van der Waals surface area contributed by atoms with E-state index in [0.29, 0.717) is 11.3 Å². The molecule has 0 aliphatic carbocycles. The van der Waals surface area contributed by atoms with E-state index in [9.17, 15) is 9.59 Å². The highest BCUT2D eigenvalue weighted by atomic mass is 79.9. The molecule has 2 aliphatic rings. The number of carbonyl (C=O) groups excluding carboxylic acids is 2. The predicted octanol–water partition coefficient (Wildman–Crippen LogP) is 0.505. The van der Waals surface area contributed by atoms with Gasteiger partial charge in [-0.1, -0.05) is 12.2 Å². The van der Waals surface area contributed by atoms with Crippen molar-refractivity contribution in [3.63, 3.8) is 0 Å². The average molecular weight is 301 g/mol. The SMILES string of the molecule is C=C(C)CN1C(Br)=NC2C1C(=O)NC(=O)N2C. The number of likely N-dealkylation sites (N-methyl/N-ethyl adjacent to an activating group) is 1. The first-order chi connectivity index (χ1) is 7.91. The minimum Gasteiger partial charge on any atom is -0.331 e. The highest BCUT2D eigenvalue weighted by Crippen LogP contribution is 2.26. The monoisotopic (exact) mass is 300 g/mol. The maximum absolute atomic E-state index is 11.8. The zero-order valence-electron chi connectivity index (χ0n) is 9.61. The molecule has 0 aromatic rings. The normalized spacial score (nSPS) is 27.8. The van der Waals surface area contributed by atoms with Crippen LogP contribution >= 0.6 is 15.9 Å². The van der Waals surface area contributed by atoms with Crippen LogP contribution in [0.3, 0.4) is 0 Å². The van der Waals surface area contributed by atoms with Gasteiger partial charge in [0.1, 0.15) is 0 Å². The third-order valence-electron chi connectivity index (χ3n) is 2.75. The number of carbonyl (C=O) groups is 2. The van der Waals surface area contributed by atoms with Crippen LogP contribution in [0.15, 0.2) is 17.1 Å². The third-order valence-corrected chi connectivity index (χ3v) is 3.41. The Labute approximate surface area is 107 Å².